The maximum atomic E-state index is 13.6. The van der Waals surface area contributed by atoms with Gasteiger partial charge in [-0.15, -0.1) is 0 Å². The summed E-state index contributed by atoms with van der Waals surface area (Å²) in [5.74, 6) is -1.33. The highest BCUT2D eigenvalue weighted by molar-refractivity contribution is 6.08. The van der Waals surface area contributed by atoms with Crippen molar-refractivity contribution in [2.45, 2.75) is 18.1 Å². The highest BCUT2D eigenvalue weighted by Crippen LogP contribution is 2.41. The summed E-state index contributed by atoms with van der Waals surface area (Å²) in [6, 6.07) is 2.97. The third-order valence-electron chi connectivity index (χ3n) is 3.82. The second kappa shape index (κ2) is 4.69. The van der Waals surface area contributed by atoms with E-state index in [2.05, 4.69) is 10.6 Å². The maximum absolute atomic E-state index is 13.6. The first-order valence-electron chi connectivity index (χ1n) is 6.65. The first kappa shape index (κ1) is 14.3. The number of nitrogens with one attached hydrogen (secondary N) is 2. The molecule has 3 rings (SSSR count). The van der Waals surface area contributed by atoms with Crippen molar-refractivity contribution in [3.05, 3.63) is 29.6 Å². The summed E-state index contributed by atoms with van der Waals surface area (Å²) in [6.45, 7) is 0. The standard InChI is InChI=1S/C14H14FN3O4/c1-18(2)11(19)10-6-14(12(20)16-13(21)17-14)8-5-7(15)3-4-9(8)22-10/h3-5,10H,6H2,1-2H3,(H2,16,17,20,21). The Bertz CT molecular complexity index is 691. The van der Waals surface area contributed by atoms with E-state index in [4.69, 9.17) is 4.74 Å². The third-order valence-corrected chi connectivity index (χ3v) is 3.82. The highest BCUT2D eigenvalue weighted by Gasteiger charge is 2.54. The number of rotatable bonds is 1. The number of amides is 4. The number of benzene rings is 1. The lowest BCUT2D eigenvalue weighted by atomic mass is 9.81. The van der Waals surface area contributed by atoms with Gasteiger partial charge in [-0.1, -0.05) is 0 Å². The number of halogens is 1. The monoisotopic (exact) mass is 307 g/mol. The third kappa shape index (κ3) is 1.99. The van der Waals surface area contributed by atoms with Crippen molar-refractivity contribution in [3.63, 3.8) is 0 Å². The molecule has 0 bridgehead atoms. The zero-order valence-corrected chi connectivity index (χ0v) is 12.0. The number of urea groups is 1. The Balaban J connectivity index is 2.12. The molecule has 1 saturated heterocycles. The molecule has 2 atom stereocenters. The van der Waals surface area contributed by atoms with E-state index < -0.39 is 29.4 Å². The van der Waals surface area contributed by atoms with E-state index in [0.717, 1.165) is 6.07 Å². The fourth-order valence-electron chi connectivity index (χ4n) is 2.77. The second-order valence-electron chi connectivity index (χ2n) is 5.50. The van der Waals surface area contributed by atoms with Gasteiger partial charge in [-0.05, 0) is 18.2 Å². The summed E-state index contributed by atoms with van der Waals surface area (Å²) < 4.78 is 19.2. The number of nitrogens with zero attached hydrogens (tertiary/aromatic N) is 1. The molecule has 2 unspecified atom stereocenters. The predicted octanol–water partition coefficient (Wildman–Crippen LogP) is 0.0997. The number of imide groups is 1. The van der Waals surface area contributed by atoms with Crippen molar-refractivity contribution in [2.75, 3.05) is 14.1 Å². The van der Waals surface area contributed by atoms with E-state index in [1.54, 1.807) is 14.1 Å². The number of hydrogen-bond donors (Lipinski definition) is 2. The van der Waals surface area contributed by atoms with Crippen molar-refractivity contribution < 1.29 is 23.5 Å². The molecule has 2 heterocycles. The Morgan fingerprint density at radius 3 is 2.73 bits per heavy atom. The molecule has 8 heteroatoms. The number of likely N-dealkylation sites (N-methyl/N-ethyl adjacent to an activating group) is 1. The van der Waals surface area contributed by atoms with E-state index in [9.17, 15) is 18.8 Å². The van der Waals surface area contributed by atoms with E-state index in [1.807, 2.05) is 0 Å². The summed E-state index contributed by atoms with van der Waals surface area (Å²) >= 11 is 0. The molecule has 0 radical (unpaired) electrons. The van der Waals surface area contributed by atoms with E-state index in [0.29, 0.717) is 0 Å². The average molecular weight is 307 g/mol. The van der Waals surface area contributed by atoms with E-state index >= 15 is 0 Å². The first-order valence-corrected chi connectivity index (χ1v) is 6.65. The predicted molar refractivity (Wildman–Crippen MR) is 72.5 cm³/mol. The minimum atomic E-state index is -1.50. The minimum absolute atomic E-state index is 0.0992. The van der Waals surface area contributed by atoms with E-state index in [1.165, 1.54) is 17.0 Å². The van der Waals surface area contributed by atoms with Gasteiger partial charge in [0.05, 0.1) is 0 Å². The van der Waals surface area contributed by atoms with Gasteiger partial charge in [0.2, 0.25) is 0 Å². The van der Waals surface area contributed by atoms with Crippen LogP contribution in [-0.2, 0) is 15.1 Å². The molecule has 1 aromatic rings. The van der Waals surface area contributed by atoms with Crippen LogP contribution in [0.4, 0.5) is 9.18 Å². The van der Waals surface area contributed by atoms with Crippen molar-refractivity contribution >= 4 is 17.8 Å². The lowest BCUT2D eigenvalue weighted by Gasteiger charge is -2.37. The van der Waals surface area contributed by atoms with Crippen LogP contribution in [0.1, 0.15) is 12.0 Å². The molecule has 22 heavy (non-hydrogen) atoms. The normalized spacial score (nSPS) is 26.0. The molecule has 0 aromatic heterocycles. The van der Waals surface area contributed by atoms with E-state index in [-0.39, 0.29) is 23.6 Å². The Morgan fingerprint density at radius 1 is 1.41 bits per heavy atom. The van der Waals surface area contributed by atoms with Crippen LogP contribution in [0.25, 0.3) is 0 Å². The topological polar surface area (TPSA) is 87.7 Å². The minimum Gasteiger partial charge on any atom is -0.480 e. The molecule has 1 spiro atoms. The fourth-order valence-corrected chi connectivity index (χ4v) is 2.77. The summed E-state index contributed by atoms with van der Waals surface area (Å²) in [5, 5.41) is 4.64. The van der Waals surface area contributed by atoms with Gasteiger partial charge in [0, 0.05) is 26.1 Å². The van der Waals surface area contributed by atoms with Gasteiger partial charge in [-0.3, -0.25) is 14.9 Å². The van der Waals surface area contributed by atoms with Crippen LogP contribution in [0.15, 0.2) is 18.2 Å². The Kier molecular flexibility index (Phi) is 3.05. The molecule has 7 nitrogen and oxygen atoms in total. The molecular weight excluding hydrogens is 293 g/mol. The average Bonchev–Trinajstić information content (AvgIpc) is 2.73. The van der Waals surface area contributed by atoms with Crippen molar-refractivity contribution in [3.8, 4) is 5.75 Å². The summed E-state index contributed by atoms with van der Waals surface area (Å²) in [7, 11) is 3.12. The molecule has 4 amide bonds. The quantitative estimate of drug-likeness (QED) is 0.720. The maximum Gasteiger partial charge on any atom is 0.322 e. The lowest BCUT2D eigenvalue weighted by molar-refractivity contribution is -0.139. The van der Waals surface area contributed by atoms with Crippen LogP contribution < -0.4 is 15.4 Å². The number of ether oxygens (including phenoxy) is 1. The number of carbonyl (C=O) groups is 3. The molecule has 0 aliphatic carbocycles. The largest absolute Gasteiger partial charge is 0.480 e. The smallest absolute Gasteiger partial charge is 0.322 e. The van der Waals surface area contributed by atoms with Crippen molar-refractivity contribution in [1.82, 2.24) is 15.5 Å². The summed E-state index contributed by atoms with van der Waals surface area (Å²) in [4.78, 5) is 37.4. The van der Waals surface area contributed by atoms with Gasteiger partial charge in [0.15, 0.2) is 11.6 Å². The van der Waals surface area contributed by atoms with Crippen LogP contribution in [-0.4, -0.2) is 42.9 Å². The van der Waals surface area contributed by atoms with Crippen LogP contribution in [0.5, 0.6) is 5.75 Å². The highest BCUT2D eigenvalue weighted by atomic mass is 19.1. The Morgan fingerprint density at radius 2 is 2.14 bits per heavy atom. The molecule has 2 aliphatic rings. The zero-order chi connectivity index (χ0) is 16.1. The number of hydrogen-bond acceptors (Lipinski definition) is 4. The molecule has 0 saturated carbocycles. The van der Waals surface area contributed by atoms with Crippen molar-refractivity contribution in [1.29, 1.82) is 0 Å². The molecule has 1 fully saturated rings. The second-order valence-corrected chi connectivity index (χ2v) is 5.50. The molecule has 1 aromatic carbocycles. The summed E-state index contributed by atoms with van der Waals surface area (Å²) in [6.07, 6.45) is -1.05. The molecule has 2 N–H and O–H groups in total. The number of carbonyl (C=O) groups excluding carboxylic acids is 3. The zero-order valence-electron chi connectivity index (χ0n) is 12.0. The van der Waals surface area contributed by atoms with Crippen LogP contribution in [0, 0.1) is 5.82 Å². The summed E-state index contributed by atoms with van der Waals surface area (Å²) in [5.41, 5.74) is -1.29. The van der Waals surface area contributed by atoms with Gasteiger partial charge in [-0.2, -0.15) is 0 Å². The SMILES string of the molecule is CN(C)C(=O)C1CC2(NC(=O)NC2=O)c2cc(F)ccc2O1. The Labute approximate surface area is 125 Å². The van der Waals surface area contributed by atoms with Crippen molar-refractivity contribution in [2.24, 2.45) is 0 Å². The number of fused-ring (bicyclic) bond motifs is 2. The fraction of sp³-hybridized carbons (Fsp3) is 0.357. The van der Waals surface area contributed by atoms with Gasteiger partial charge < -0.3 is 15.0 Å². The van der Waals surface area contributed by atoms with Gasteiger partial charge >= 0.3 is 6.03 Å². The van der Waals surface area contributed by atoms with Gasteiger partial charge in [0.25, 0.3) is 11.8 Å². The van der Waals surface area contributed by atoms with Gasteiger partial charge in [-0.25, -0.2) is 9.18 Å². The lowest BCUT2D eigenvalue weighted by Crippen LogP contribution is -2.53. The molecule has 2 aliphatic heterocycles. The first-order chi connectivity index (χ1) is 10.3. The van der Waals surface area contributed by atoms with Crippen LogP contribution in [0.2, 0.25) is 0 Å². The van der Waals surface area contributed by atoms with Crippen LogP contribution in [0.3, 0.4) is 0 Å². The molecule has 116 valence electrons. The van der Waals surface area contributed by atoms with Gasteiger partial charge in [0.1, 0.15) is 11.6 Å². The molecular formula is C14H14FN3O4. The van der Waals surface area contributed by atoms with Crippen LogP contribution >= 0.6 is 0 Å². The Hall–Kier alpha value is -2.64.